The second-order valence-electron chi connectivity index (χ2n) is 5.91. The predicted octanol–water partition coefficient (Wildman–Crippen LogP) is 3.56. The lowest BCUT2D eigenvalue weighted by Crippen LogP contribution is -2.30. The Bertz CT molecular complexity index is 990. The number of benzene rings is 2. The largest absolute Gasteiger partial charge is 0.322 e. The summed E-state index contributed by atoms with van der Waals surface area (Å²) in [5.41, 5.74) is 0.988. The van der Waals surface area contributed by atoms with E-state index in [1.54, 1.807) is 19.1 Å². The first-order valence-electron chi connectivity index (χ1n) is 7.62. The fraction of sp³-hybridized carbons (Fsp3) is 0.176. The van der Waals surface area contributed by atoms with Crippen molar-refractivity contribution in [2.45, 2.75) is 6.92 Å². The first kappa shape index (κ1) is 18.7. The van der Waals surface area contributed by atoms with E-state index in [-0.39, 0.29) is 11.4 Å². The molecular formula is C17H14Cl2N2O4S. The molecule has 1 N–H and O–H groups in total. The molecule has 136 valence electrons. The van der Waals surface area contributed by atoms with Crippen LogP contribution >= 0.6 is 23.2 Å². The maximum absolute atomic E-state index is 12.3. The average molecular weight is 413 g/mol. The summed E-state index contributed by atoms with van der Waals surface area (Å²) in [4.78, 5) is 24.4. The monoisotopic (exact) mass is 412 g/mol. The van der Waals surface area contributed by atoms with Gasteiger partial charge in [0.25, 0.3) is 5.91 Å². The molecule has 9 heteroatoms. The minimum absolute atomic E-state index is 0.213. The van der Waals surface area contributed by atoms with Gasteiger partial charge in [0.1, 0.15) is 0 Å². The Hall–Kier alpha value is -2.09. The van der Waals surface area contributed by atoms with Crippen LogP contribution in [0, 0.1) is 5.92 Å². The maximum Gasteiger partial charge on any atom is 0.255 e. The highest BCUT2D eigenvalue weighted by atomic mass is 35.5. The molecule has 1 aliphatic rings. The lowest BCUT2D eigenvalue weighted by molar-refractivity contribution is -0.119. The van der Waals surface area contributed by atoms with E-state index < -0.39 is 27.8 Å². The van der Waals surface area contributed by atoms with Crippen molar-refractivity contribution >= 4 is 56.4 Å². The third-order valence-corrected chi connectivity index (χ3v) is 6.51. The smallest absolute Gasteiger partial charge is 0.255 e. The van der Waals surface area contributed by atoms with Gasteiger partial charge in [0.2, 0.25) is 15.9 Å². The number of halogens is 2. The van der Waals surface area contributed by atoms with Gasteiger partial charge in [0.15, 0.2) is 0 Å². The van der Waals surface area contributed by atoms with Crippen LogP contribution in [-0.4, -0.2) is 26.0 Å². The maximum atomic E-state index is 12.3. The van der Waals surface area contributed by atoms with E-state index in [0.717, 1.165) is 4.31 Å². The van der Waals surface area contributed by atoms with Crippen molar-refractivity contribution < 1.29 is 18.0 Å². The van der Waals surface area contributed by atoms with Crippen LogP contribution in [0.2, 0.25) is 10.0 Å². The highest BCUT2D eigenvalue weighted by Crippen LogP contribution is 2.29. The molecule has 3 rings (SSSR count). The predicted molar refractivity (Wildman–Crippen MR) is 101 cm³/mol. The summed E-state index contributed by atoms with van der Waals surface area (Å²) in [6.45, 7) is 1.57. The number of hydrogen-bond acceptors (Lipinski definition) is 4. The van der Waals surface area contributed by atoms with Crippen LogP contribution in [-0.2, 0) is 14.8 Å². The second kappa shape index (κ2) is 6.90. The number of amides is 2. The van der Waals surface area contributed by atoms with Gasteiger partial charge >= 0.3 is 0 Å². The number of hydrogen-bond donors (Lipinski definition) is 1. The Morgan fingerprint density at radius 3 is 2.31 bits per heavy atom. The minimum Gasteiger partial charge on any atom is -0.322 e. The van der Waals surface area contributed by atoms with Crippen molar-refractivity contribution in [2.24, 2.45) is 5.92 Å². The van der Waals surface area contributed by atoms with Crippen molar-refractivity contribution in [1.82, 2.24) is 0 Å². The normalized spacial score (nSPS) is 18.8. The van der Waals surface area contributed by atoms with Gasteiger partial charge in [-0.05, 0) is 42.5 Å². The topological polar surface area (TPSA) is 83.6 Å². The summed E-state index contributed by atoms with van der Waals surface area (Å²) in [5, 5.41) is 3.35. The standard InChI is InChI=1S/C17H14Cl2N2O4S/c1-10-9-26(24,25)21(17(10)23)13-5-2-11(3-6-13)16(22)20-12-4-7-14(18)15(19)8-12/h2-8,10H,9H2,1H3,(H,20,22). The summed E-state index contributed by atoms with van der Waals surface area (Å²) in [6.07, 6.45) is 0. The number of rotatable bonds is 3. The zero-order valence-electron chi connectivity index (χ0n) is 13.6. The minimum atomic E-state index is -3.67. The molecule has 1 unspecified atom stereocenters. The Morgan fingerprint density at radius 1 is 1.12 bits per heavy atom. The van der Waals surface area contributed by atoms with Crippen LogP contribution < -0.4 is 9.62 Å². The Balaban J connectivity index is 1.80. The highest BCUT2D eigenvalue weighted by molar-refractivity contribution is 7.94. The van der Waals surface area contributed by atoms with Crippen molar-refractivity contribution in [2.75, 3.05) is 15.4 Å². The van der Waals surface area contributed by atoms with Gasteiger partial charge in [0, 0.05) is 11.3 Å². The van der Waals surface area contributed by atoms with Crippen LogP contribution in [0.1, 0.15) is 17.3 Å². The van der Waals surface area contributed by atoms with E-state index in [9.17, 15) is 18.0 Å². The SMILES string of the molecule is CC1CS(=O)(=O)N(c2ccc(C(=O)Nc3ccc(Cl)c(Cl)c3)cc2)C1=O. The van der Waals surface area contributed by atoms with E-state index in [1.165, 1.54) is 30.3 Å². The highest BCUT2D eigenvalue weighted by Gasteiger charge is 2.41. The molecule has 0 bridgehead atoms. The molecule has 2 amide bonds. The molecule has 1 saturated heterocycles. The molecule has 1 aliphatic heterocycles. The molecule has 2 aromatic carbocycles. The van der Waals surface area contributed by atoms with Crippen LogP contribution in [0.4, 0.5) is 11.4 Å². The molecule has 26 heavy (non-hydrogen) atoms. The summed E-state index contributed by atoms with van der Waals surface area (Å²) >= 11 is 11.7. The number of nitrogens with zero attached hydrogens (tertiary/aromatic N) is 1. The van der Waals surface area contributed by atoms with E-state index >= 15 is 0 Å². The van der Waals surface area contributed by atoms with Gasteiger partial charge in [-0.3, -0.25) is 9.59 Å². The van der Waals surface area contributed by atoms with Gasteiger partial charge in [-0.2, -0.15) is 0 Å². The number of carbonyl (C=O) groups is 2. The fourth-order valence-electron chi connectivity index (χ4n) is 2.61. The van der Waals surface area contributed by atoms with Gasteiger partial charge in [-0.15, -0.1) is 0 Å². The molecule has 0 spiro atoms. The van der Waals surface area contributed by atoms with Crippen molar-refractivity contribution in [1.29, 1.82) is 0 Å². The molecule has 0 radical (unpaired) electrons. The number of nitrogens with one attached hydrogen (secondary N) is 1. The van der Waals surface area contributed by atoms with Gasteiger partial charge < -0.3 is 5.32 Å². The molecule has 1 atom stereocenters. The fourth-order valence-corrected chi connectivity index (χ4v) is 4.73. The number of sulfonamides is 1. The lowest BCUT2D eigenvalue weighted by atomic mass is 10.1. The number of carbonyl (C=O) groups excluding carboxylic acids is 2. The van der Waals surface area contributed by atoms with Crippen molar-refractivity contribution in [3.8, 4) is 0 Å². The first-order chi connectivity index (χ1) is 12.2. The third kappa shape index (κ3) is 3.56. The van der Waals surface area contributed by atoms with E-state index in [1.807, 2.05) is 0 Å². The van der Waals surface area contributed by atoms with Crippen molar-refractivity contribution in [3.63, 3.8) is 0 Å². The molecule has 0 aromatic heterocycles. The van der Waals surface area contributed by atoms with Crippen LogP contribution in [0.25, 0.3) is 0 Å². The van der Waals surface area contributed by atoms with Gasteiger partial charge in [0.05, 0.1) is 27.4 Å². The van der Waals surface area contributed by atoms with E-state index in [0.29, 0.717) is 21.3 Å². The Kier molecular flexibility index (Phi) is 4.96. The number of anilines is 2. The average Bonchev–Trinajstić information content (AvgIpc) is 2.78. The van der Waals surface area contributed by atoms with E-state index in [4.69, 9.17) is 23.2 Å². The first-order valence-corrected chi connectivity index (χ1v) is 9.99. The summed E-state index contributed by atoms with van der Waals surface area (Å²) in [6, 6.07) is 10.5. The molecule has 0 saturated carbocycles. The second-order valence-corrected chi connectivity index (χ2v) is 8.59. The zero-order valence-corrected chi connectivity index (χ0v) is 15.9. The quantitative estimate of drug-likeness (QED) is 0.834. The summed E-state index contributed by atoms with van der Waals surface area (Å²) in [7, 11) is -3.67. The van der Waals surface area contributed by atoms with Crippen LogP contribution in [0.15, 0.2) is 42.5 Å². The molecular weight excluding hydrogens is 399 g/mol. The molecule has 1 heterocycles. The Morgan fingerprint density at radius 2 is 1.77 bits per heavy atom. The lowest BCUT2D eigenvalue weighted by Gasteiger charge is -2.15. The van der Waals surface area contributed by atoms with Crippen LogP contribution in [0.3, 0.4) is 0 Å². The van der Waals surface area contributed by atoms with Crippen LogP contribution in [0.5, 0.6) is 0 Å². The van der Waals surface area contributed by atoms with Gasteiger partial charge in [-0.1, -0.05) is 30.1 Å². The van der Waals surface area contributed by atoms with Crippen molar-refractivity contribution in [3.05, 3.63) is 58.1 Å². The Labute approximate surface area is 160 Å². The molecule has 1 fully saturated rings. The molecule has 2 aromatic rings. The molecule has 0 aliphatic carbocycles. The third-order valence-electron chi connectivity index (χ3n) is 3.90. The van der Waals surface area contributed by atoms with Gasteiger partial charge in [-0.25, -0.2) is 12.7 Å². The zero-order chi connectivity index (χ0) is 19.1. The summed E-state index contributed by atoms with van der Waals surface area (Å²) < 4.78 is 25.0. The summed E-state index contributed by atoms with van der Waals surface area (Å²) in [5.74, 6) is -1.68. The van der Waals surface area contributed by atoms with E-state index in [2.05, 4.69) is 5.32 Å². The molecule has 6 nitrogen and oxygen atoms in total.